The second kappa shape index (κ2) is 8.54. The molecule has 0 bridgehead atoms. The summed E-state index contributed by atoms with van der Waals surface area (Å²) in [5.41, 5.74) is 3.72. The fourth-order valence-corrected chi connectivity index (χ4v) is 3.48. The Morgan fingerprint density at radius 1 is 1.30 bits per heavy atom. The fourth-order valence-electron chi connectivity index (χ4n) is 3.48. The van der Waals surface area contributed by atoms with Crippen molar-refractivity contribution in [3.8, 4) is 0 Å². The van der Waals surface area contributed by atoms with Crippen molar-refractivity contribution in [1.82, 2.24) is 10.2 Å². The van der Waals surface area contributed by atoms with Gasteiger partial charge in [0.2, 0.25) is 0 Å². The second-order valence-electron chi connectivity index (χ2n) is 7.38. The lowest BCUT2D eigenvalue weighted by atomic mass is 9.87. The Kier molecular flexibility index (Phi) is 6.13. The molecule has 3 rings (SSSR count). The molecule has 0 radical (unpaired) electrons. The Balaban J connectivity index is 1.61. The Hall–Kier alpha value is -2.38. The summed E-state index contributed by atoms with van der Waals surface area (Å²) in [5, 5.41) is 15.2. The van der Waals surface area contributed by atoms with Crippen LogP contribution in [-0.4, -0.2) is 35.3 Å². The number of carbonyl (C=O) groups excluding carboxylic acids is 2. The summed E-state index contributed by atoms with van der Waals surface area (Å²) < 4.78 is 0. The molecular weight excluding hydrogens is 341 g/mol. The van der Waals surface area contributed by atoms with E-state index < -0.39 is 7.05 Å². The number of nitrogens with one attached hydrogen (secondary N) is 3. The quantitative estimate of drug-likeness (QED) is 0.566. The molecule has 1 atom stereocenters. The fraction of sp³-hybridized carbons (Fsp3) is 0.400. The molecule has 142 valence electrons. The highest BCUT2D eigenvalue weighted by Crippen LogP contribution is 2.25. The summed E-state index contributed by atoms with van der Waals surface area (Å²) in [6, 6.07) is 7.74. The van der Waals surface area contributed by atoms with E-state index >= 15 is 0 Å². The number of aromatic amines is 1. The molecule has 1 amide bonds. The molecule has 0 saturated carbocycles. The number of aromatic nitrogens is 1. The molecule has 6 nitrogen and oxygen atoms in total. The molecule has 0 spiro atoms. The number of hydrogen-bond donors (Lipinski definition) is 4. The van der Waals surface area contributed by atoms with Gasteiger partial charge in [0.25, 0.3) is 5.91 Å². The van der Waals surface area contributed by atoms with Gasteiger partial charge in [-0.1, -0.05) is 19.1 Å². The van der Waals surface area contributed by atoms with Gasteiger partial charge < -0.3 is 20.6 Å². The molecule has 0 aliphatic heterocycles. The van der Waals surface area contributed by atoms with E-state index in [1.165, 1.54) is 5.56 Å². The Morgan fingerprint density at radius 3 is 2.74 bits per heavy atom. The molecule has 1 aromatic heterocycles. The normalized spacial score (nSPS) is 14.6. The average molecular weight is 367 g/mol. The summed E-state index contributed by atoms with van der Waals surface area (Å²) in [5.74, 6) is 0.167. The van der Waals surface area contributed by atoms with E-state index in [2.05, 4.69) is 22.5 Å². The van der Waals surface area contributed by atoms with Gasteiger partial charge in [0.1, 0.15) is 0 Å². The highest BCUT2D eigenvalue weighted by Gasteiger charge is 2.25. The number of Topliss-reactive ketones (excluding diaryl/α,β-unsaturated/α-hetero) is 1. The molecular formula is C20H26BN3O3. The molecule has 1 aliphatic rings. The first-order chi connectivity index (χ1) is 12.9. The minimum Gasteiger partial charge on any atom is -0.437 e. The van der Waals surface area contributed by atoms with Crippen LogP contribution in [0.15, 0.2) is 30.5 Å². The van der Waals surface area contributed by atoms with Gasteiger partial charge in [-0.3, -0.25) is 9.59 Å². The van der Waals surface area contributed by atoms with Crippen LogP contribution in [0, 0.1) is 5.92 Å². The number of fused-ring (bicyclic) bond motifs is 1. The van der Waals surface area contributed by atoms with Crippen LogP contribution in [0.2, 0.25) is 6.82 Å². The molecule has 4 N–H and O–H groups in total. The maximum atomic E-state index is 12.6. The van der Waals surface area contributed by atoms with Gasteiger partial charge in [-0.25, -0.2) is 0 Å². The Bertz CT molecular complexity index is 814. The number of anilines is 1. The van der Waals surface area contributed by atoms with Gasteiger partial charge in [-0.2, -0.15) is 0 Å². The molecule has 7 heteroatoms. The van der Waals surface area contributed by atoms with E-state index in [1.807, 2.05) is 24.3 Å². The van der Waals surface area contributed by atoms with Gasteiger partial charge in [0.05, 0.1) is 11.1 Å². The molecule has 27 heavy (non-hydrogen) atoms. The first-order valence-corrected chi connectivity index (χ1v) is 9.49. The molecule has 1 aliphatic carbocycles. The smallest absolute Gasteiger partial charge is 0.373 e. The van der Waals surface area contributed by atoms with Gasteiger partial charge in [-0.15, -0.1) is 0 Å². The predicted molar refractivity (Wildman–Crippen MR) is 107 cm³/mol. The lowest BCUT2D eigenvalue weighted by molar-refractivity contribution is 0.0956. The largest absolute Gasteiger partial charge is 0.437 e. The third-order valence-corrected chi connectivity index (χ3v) is 4.87. The van der Waals surface area contributed by atoms with Crippen LogP contribution in [0.5, 0.6) is 0 Å². The van der Waals surface area contributed by atoms with Crippen molar-refractivity contribution in [3.63, 3.8) is 0 Å². The second-order valence-corrected chi connectivity index (χ2v) is 7.38. The first kappa shape index (κ1) is 19.4. The number of benzene rings is 1. The number of ketones is 1. The standard InChI is InChI=1S/C20H26BN3O3/c1-13(11-23-21(2)27)10-14-6-8-15(9-7-14)24-20(26)16-12-22-17-4-3-5-18(25)19(16)17/h6-9,12-13,22-23,27H,3-5,10-11H2,1-2H3,(H,24,26). The van der Waals surface area contributed by atoms with Crippen molar-refractivity contribution >= 4 is 24.4 Å². The van der Waals surface area contributed by atoms with E-state index in [0.717, 1.165) is 31.5 Å². The van der Waals surface area contributed by atoms with Crippen LogP contribution in [0.1, 0.15) is 51.7 Å². The summed E-state index contributed by atoms with van der Waals surface area (Å²) >= 11 is 0. The number of rotatable bonds is 7. The van der Waals surface area contributed by atoms with Crippen LogP contribution >= 0.6 is 0 Å². The average Bonchev–Trinajstić information content (AvgIpc) is 3.07. The van der Waals surface area contributed by atoms with Crippen LogP contribution in [0.25, 0.3) is 0 Å². The van der Waals surface area contributed by atoms with Gasteiger partial charge in [-0.05, 0) is 56.2 Å². The van der Waals surface area contributed by atoms with Crippen molar-refractivity contribution in [2.75, 3.05) is 11.9 Å². The number of amides is 1. The number of H-pyrrole nitrogens is 1. The van der Waals surface area contributed by atoms with Crippen molar-refractivity contribution < 1.29 is 14.6 Å². The first-order valence-electron chi connectivity index (χ1n) is 9.49. The molecule has 1 unspecified atom stereocenters. The van der Waals surface area contributed by atoms with Crippen molar-refractivity contribution in [1.29, 1.82) is 0 Å². The predicted octanol–water partition coefficient (Wildman–Crippen LogP) is 2.66. The number of aryl methyl sites for hydroxylation is 1. The third-order valence-electron chi connectivity index (χ3n) is 4.87. The van der Waals surface area contributed by atoms with E-state index in [9.17, 15) is 14.6 Å². The van der Waals surface area contributed by atoms with Crippen LogP contribution in [0.4, 0.5) is 5.69 Å². The lowest BCUT2D eigenvalue weighted by Gasteiger charge is -2.14. The summed E-state index contributed by atoms with van der Waals surface area (Å²) in [6.45, 7) is 4.57. The van der Waals surface area contributed by atoms with Crippen molar-refractivity contribution in [2.24, 2.45) is 5.92 Å². The van der Waals surface area contributed by atoms with E-state index in [4.69, 9.17) is 0 Å². The zero-order valence-electron chi connectivity index (χ0n) is 15.8. The zero-order valence-corrected chi connectivity index (χ0v) is 15.8. The van der Waals surface area contributed by atoms with Crippen molar-refractivity contribution in [3.05, 3.63) is 52.8 Å². The molecule has 0 saturated heterocycles. The Morgan fingerprint density at radius 2 is 2.04 bits per heavy atom. The number of hydrogen-bond acceptors (Lipinski definition) is 4. The van der Waals surface area contributed by atoms with Gasteiger partial charge in [0, 0.05) is 24.0 Å². The molecule has 0 fully saturated rings. The third kappa shape index (κ3) is 4.87. The van der Waals surface area contributed by atoms with Crippen LogP contribution in [-0.2, 0) is 12.8 Å². The topological polar surface area (TPSA) is 94.2 Å². The summed E-state index contributed by atoms with van der Waals surface area (Å²) in [4.78, 5) is 27.8. The van der Waals surface area contributed by atoms with Crippen molar-refractivity contribution in [2.45, 2.75) is 39.4 Å². The molecule has 1 heterocycles. The molecule has 2 aromatic rings. The van der Waals surface area contributed by atoms with Gasteiger partial charge in [0.15, 0.2) is 5.78 Å². The van der Waals surface area contributed by atoms with Crippen LogP contribution < -0.4 is 10.5 Å². The lowest BCUT2D eigenvalue weighted by Crippen LogP contribution is -2.34. The van der Waals surface area contributed by atoms with E-state index in [1.54, 1.807) is 13.0 Å². The Labute approximate surface area is 159 Å². The summed E-state index contributed by atoms with van der Waals surface area (Å²) in [6.07, 6.45) is 4.66. The minimum absolute atomic E-state index is 0.0396. The SMILES string of the molecule is CB(O)NCC(C)Cc1ccc(NC(=O)c2c[nH]c3c2C(=O)CCC3)cc1. The molecule has 1 aromatic carbocycles. The monoisotopic (exact) mass is 367 g/mol. The maximum absolute atomic E-state index is 12.6. The highest BCUT2D eigenvalue weighted by molar-refractivity contribution is 6.45. The summed E-state index contributed by atoms with van der Waals surface area (Å²) in [7, 11) is -0.504. The van der Waals surface area contributed by atoms with Crippen LogP contribution in [0.3, 0.4) is 0 Å². The maximum Gasteiger partial charge on any atom is 0.373 e. The zero-order chi connectivity index (χ0) is 19.4. The highest BCUT2D eigenvalue weighted by atomic mass is 16.2. The number of carbonyl (C=O) groups is 2. The van der Waals surface area contributed by atoms with E-state index in [0.29, 0.717) is 29.2 Å². The van der Waals surface area contributed by atoms with E-state index in [-0.39, 0.29) is 11.7 Å². The van der Waals surface area contributed by atoms with Gasteiger partial charge >= 0.3 is 7.05 Å². The minimum atomic E-state index is -0.504.